The maximum atomic E-state index is 6.03. The predicted octanol–water partition coefficient (Wildman–Crippen LogP) is 3.40. The Hall–Kier alpha value is -0.250. The van der Waals surface area contributed by atoms with Gasteiger partial charge >= 0.3 is 0 Å². The van der Waals surface area contributed by atoms with Crippen LogP contribution in [0, 0.1) is 0 Å². The number of rotatable bonds is 3. The molecule has 1 aromatic carbocycles. The normalized spacial score (nSPS) is 18.3. The van der Waals surface area contributed by atoms with Crippen molar-refractivity contribution in [3.63, 3.8) is 0 Å². The van der Waals surface area contributed by atoms with Gasteiger partial charge in [0.05, 0.1) is 5.02 Å². The smallest absolute Gasteiger partial charge is 0.0568 e. The molecule has 1 fully saturated rings. The number of benzene rings is 1. The molecule has 0 bridgehead atoms. The summed E-state index contributed by atoms with van der Waals surface area (Å²) in [5.74, 6) is 0. The van der Waals surface area contributed by atoms with Gasteiger partial charge in [-0.3, -0.25) is 0 Å². The molecule has 0 amide bonds. The number of nitrogens with one attached hydrogen (secondary N) is 1. The van der Waals surface area contributed by atoms with E-state index in [4.69, 9.17) is 17.3 Å². The summed E-state index contributed by atoms with van der Waals surface area (Å²) in [4.78, 5) is 0. The highest BCUT2D eigenvalue weighted by Crippen LogP contribution is 2.35. The van der Waals surface area contributed by atoms with Crippen LogP contribution in [0.3, 0.4) is 0 Å². The second kappa shape index (κ2) is 4.32. The highest BCUT2D eigenvalue weighted by atomic mass is 79.9. The van der Waals surface area contributed by atoms with Crippen LogP contribution in [0.1, 0.15) is 19.3 Å². The van der Waals surface area contributed by atoms with E-state index in [1.165, 1.54) is 6.42 Å². The molecule has 1 aliphatic rings. The SMILES string of the molecule is NCC1(Nc2ccc(Br)c(Cl)c2)CCC1. The lowest BCUT2D eigenvalue weighted by Crippen LogP contribution is -2.51. The van der Waals surface area contributed by atoms with Gasteiger partial charge in [0.1, 0.15) is 0 Å². The minimum atomic E-state index is 0.108. The predicted molar refractivity (Wildman–Crippen MR) is 68.4 cm³/mol. The summed E-state index contributed by atoms with van der Waals surface area (Å²) in [7, 11) is 0. The first-order valence-corrected chi connectivity index (χ1v) is 6.26. The van der Waals surface area contributed by atoms with E-state index in [0.29, 0.717) is 6.54 Å². The molecular weight excluding hydrogens is 275 g/mol. The van der Waals surface area contributed by atoms with Crippen molar-refractivity contribution in [2.75, 3.05) is 11.9 Å². The van der Waals surface area contributed by atoms with E-state index in [2.05, 4.69) is 21.2 Å². The number of hydrogen-bond acceptors (Lipinski definition) is 2. The Bertz CT molecular complexity index is 358. The molecule has 0 saturated heterocycles. The van der Waals surface area contributed by atoms with Gasteiger partial charge in [0.15, 0.2) is 0 Å². The monoisotopic (exact) mass is 288 g/mol. The highest BCUT2D eigenvalue weighted by molar-refractivity contribution is 9.10. The summed E-state index contributed by atoms with van der Waals surface area (Å²) in [5.41, 5.74) is 6.94. The fourth-order valence-corrected chi connectivity index (χ4v) is 2.29. The minimum Gasteiger partial charge on any atom is -0.378 e. The third-order valence-electron chi connectivity index (χ3n) is 3.03. The lowest BCUT2D eigenvalue weighted by atomic mass is 9.76. The molecule has 1 aliphatic carbocycles. The highest BCUT2D eigenvalue weighted by Gasteiger charge is 2.35. The molecule has 2 rings (SSSR count). The topological polar surface area (TPSA) is 38.0 Å². The number of hydrogen-bond donors (Lipinski definition) is 2. The quantitative estimate of drug-likeness (QED) is 0.895. The molecule has 82 valence electrons. The van der Waals surface area contributed by atoms with Gasteiger partial charge in [-0.25, -0.2) is 0 Å². The van der Waals surface area contributed by atoms with Gasteiger partial charge in [0, 0.05) is 22.2 Å². The van der Waals surface area contributed by atoms with Crippen molar-refractivity contribution in [1.82, 2.24) is 0 Å². The standard InChI is InChI=1S/C11H14BrClN2/c12-9-3-2-8(6-10(9)13)15-11(7-14)4-1-5-11/h2-3,6,15H,1,4-5,7,14H2. The van der Waals surface area contributed by atoms with Crippen molar-refractivity contribution in [2.45, 2.75) is 24.8 Å². The van der Waals surface area contributed by atoms with E-state index in [1.807, 2.05) is 18.2 Å². The van der Waals surface area contributed by atoms with E-state index in [9.17, 15) is 0 Å². The summed E-state index contributed by atoms with van der Waals surface area (Å²) < 4.78 is 0.921. The number of nitrogens with two attached hydrogens (primary N) is 1. The Morgan fingerprint density at radius 2 is 2.20 bits per heavy atom. The Morgan fingerprint density at radius 1 is 1.47 bits per heavy atom. The van der Waals surface area contributed by atoms with Crippen LogP contribution >= 0.6 is 27.5 Å². The molecule has 1 saturated carbocycles. The molecule has 0 aromatic heterocycles. The summed E-state index contributed by atoms with van der Waals surface area (Å²) in [6.45, 7) is 0.681. The number of halogens is 2. The molecular formula is C11H14BrClN2. The summed E-state index contributed by atoms with van der Waals surface area (Å²) in [5, 5.41) is 4.21. The van der Waals surface area contributed by atoms with Crippen molar-refractivity contribution in [2.24, 2.45) is 5.73 Å². The second-order valence-corrected chi connectivity index (χ2v) is 5.35. The molecule has 0 unspecified atom stereocenters. The average molecular weight is 290 g/mol. The molecule has 0 atom stereocenters. The molecule has 0 radical (unpaired) electrons. The third kappa shape index (κ3) is 2.30. The van der Waals surface area contributed by atoms with Crippen LogP contribution in [0.5, 0.6) is 0 Å². The van der Waals surface area contributed by atoms with Crippen molar-refractivity contribution in [3.8, 4) is 0 Å². The first-order valence-electron chi connectivity index (χ1n) is 5.08. The Balaban J connectivity index is 2.13. The molecule has 1 aromatic rings. The lowest BCUT2D eigenvalue weighted by molar-refractivity contribution is 0.287. The van der Waals surface area contributed by atoms with Crippen LogP contribution in [0.15, 0.2) is 22.7 Å². The zero-order chi connectivity index (χ0) is 10.9. The zero-order valence-corrected chi connectivity index (χ0v) is 10.7. The van der Waals surface area contributed by atoms with Gasteiger partial charge < -0.3 is 11.1 Å². The van der Waals surface area contributed by atoms with Gasteiger partial charge in [-0.15, -0.1) is 0 Å². The van der Waals surface area contributed by atoms with E-state index >= 15 is 0 Å². The van der Waals surface area contributed by atoms with Crippen LogP contribution in [0.4, 0.5) is 5.69 Å². The van der Waals surface area contributed by atoms with Crippen molar-refractivity contribution >= 4 is 33.2 Å². The van der Waals surface area contributed by atoms with Gasteiger partial charge in [-0.1, -0.05) is 11.6 Å². The van der Waals surface area contributed by atoms with E-state index in [0.717, 1.165) is 28.0 Å². The fourth-order valence-electron chi connectivity index (χ4n) is 1.86. The van der Waals surface area contributed by atoms with Crippen molar-refractivity contribution in [1.29, 1.82) is 0 Å². The Morgan fingerprint density at radius 3 is 2.67 bits per heavy atom. The van der Waals surface area contributed by atoms with Gasteiger partial charge in [0.2, 0.25) is 0 Å². The van der Waals surface area contributed by atoms with Crippen LogP contribution < -0.4 is 11.1 Å². The van der Waals surface area contributed by atoms with Gasteiger partial charge in [-0.2, -0.15) is 0 Å². The third-order valence-corrected chi connectivity index (χ3v) is 4.26. The van der Waals surface area contributed by atoms with E-state index in [1.54, 1.807) is 0 Å². The number of anilines is 1. The average Bonchev–Trinajstić information content (AvgIpc) is 2.17. The lowest BCUT2D eigenvalue weighted by Gasteiger charge is -2.42. The van der Waals surface area contributed by atoms with Crippen LogP contribution in [-0.2, 0) is 0 Å². The van der Waals surface area contributed by atoms with E-state index in [-0.39, 0.29) is 5.54 Å². The summed E-state index contributed by atoms with van der Waals surface area (Å²) >= 11 is 9.40. The van der Waals surface area contributed by atoms with Gasteiger partial charge in [-0.05, 0) is 53.4 Å². The molecule has 0 heterocycles. The molecule has 3 N–H and O–H groups in total. The first-order chi connectivity index (χ1) is 7.15. The van der Waals surface area contributed by atoms with Crippen LogP contribution in [0.25, 0.3) is 0 Å². The Kier molecular flexibility index (Phi) is 3.24. The molecule has 15 heavy (non-hydrogen) atoms. The fraction of sp³-hybridized carbons (Fsp3) is 0.455. The maximum Gasteiger partial charge on any atom is 0.0568 e. The molecule has 4 heteroatoms. The second-order valence-electron chi connectivity index (χ2n) is 4.09. The largest absolute Gasteiger partial charge is 0.378 e. The Labute approximate surface area is 103 Å². The summed E-state index contributed by atoms with van der Waals surface area (Å²) in [6.07, 6.45) is 3.56. The maximum absolute atomic E-state index is 6.03. The van der Waals surface area contributed by atoms with Crippen LogP contribution in [0.2, 0.25) is 5.02 Å². The summed E-state index contributed by atoms with van der Waals surface area (Å²) in [6, 6.07) is 5.90. The van der Waals surface area contributed by atoms with E-state index < -0.39 is 0 Å². The zero-order valence-electron chi connectivity index (χ0n) is 8.39. The van der Waals surface area contributed by atoms with Gasteiger partial charge in [0.25, 0.3) is 0 Å². The van der Waals surface area contributed by atoms with Crippen molar-refractivity contribution in [3.05, 3.63) is 27.7 Å². The van der Waals surface area contributed by atoms with Crippen molar-refractivity contribution < 1.29 is 0 Å². The minimum absolute atomic E-state index is 0.108. The molecule has 2 nitrogen and oxygen atoms in total. The van der Waals surface area contributed by atoms with Crippen LogP contribution in [-0.4, -0.2) is 12.1 Å². The molecule has 0 aliphatic heterocycles. The first kappa shape index (κ1) is 11.2. The molecule has 0 spiro atoms.